The summed E-state index contributed by atoms with van der Waals surface area (Å²) in [5.41, 5.74) is -1.44. The van der Waals surface area contributed by atoms with E-state index in [9.17, 15) is 26.7 Å². The fraction of sp³-hybridized carbons (Fsp3) is 0.391. The van der Waals surface area contributed by atoms with Gasteiger partial charge in [0.1, 0.15) is 11.4 Å². The summed E-state index contributed by atoms with van der Waals surface area (Å²) in [6, 6.07) is 2.02. The molecule has 1 aliphatic heterocycles. The van der Waals surface area contributed by atoms with E-state index in [1.54, 1.807) is 0 Å². The zero-order valence-corrected chi connectivity index (χ0v) is 19.4. The number of urea groups is 1. The van der Waals surface area contributed by atoms with Gasteiger partial charge in [0.15, 0.2) is 17.4 Å². The third-order valence-electron chi connectivity index (χ3n) is 5.52. The Morgan fingerprint density at radius 1 is 1.22 bits per heavy atom. The Morgan fingerprint density at radius 2 is 1.89 bits per heavy atom. The van der Waals surface area contributed by atoms with Gasteiger partial charge in [-0.15, -0.1) is 0 Å². The van der Waals surface area contributed by atoms with Gasteiger partial charge in [0, 0.05) is 56.4 Å². The van der Waals surface area contributed by atoms with Gasteiger partial charge in [-0.2, -0.15) is 13.2 Å². The number of hydrogen-bond donors (Lipinski definition) is 3. The van der Waals surface area contributed by atoms with Crippen molar-refractivity contribution in [3.63, 3.8) is 0 Å². The van der Waals surface area contributed by atoms with Crippen LogP contribution in [-0.2, 0) is 10.9 Å². The lowest BCUT2D eigenvalue weighted by Gasteiger charge is -2.35. The van der Waals surface area contributed by atoms with Gasteiger partial charge in [0.2, 0.25) is 0 Å². The number of pyridine rings is 1. The first kappa shape index (κ1) is 25.6. The predicted octanol–water partition coefficient (Wildman–Crippen LogP) is 4.88. The number of aromatic nitrogens is 2. The van der Waals surface area contributed by atoms with E-state index in [0.717, 1.165) is 37.5 Å². The summed E-state index contributed by atoms with van der Waals surface area (Å²) in [5.74, 6) is -3.78. The molecule has 13 heteroatoms. The number of halogens is 5. The van der Waals surface area contributed by atoms with E-state index < -0.39 is 46.3 Å². The van der Waals surface area contributed by atoms with E-state index in [4.69, 9.17) is 9.47 Å². The molecule has 2 atom stereocenters. The van der Waals surface area contributed by atoms with Crippen LogP contribution in [0.1, 0.15) is 19.4 Å². The van der Waals surface area contributed by atoms with Gasteiger partial charge >= 0.3 is 12.2 Å². The van der Waals surface area contributed by atoms with E-state index in [-0.39, 0.29) is 23.5 Å². The smallest absolute Gasteiger partial charge is 0.418 e. The topological polar surface area (TPSA) is 91.5 Å². The average Bonchev–Trinajstić information content (AvgIpc) is 3.21. The molecule has 1 aliphatic rings. The summed E-state index contributed by atoms with van der Waals surface area (Å²) < 4.78 is 80.2. The quantitative estimate of drug-likeness (QED) is 0.409. The summed E-state index contributed by atoms with van der Waals surface area (Å²) in [7, 11) is 0. The van der Waals surface area contributed by atoms with Crippen molar-refractivity contribution in [1.29, 1.82) is 0 Å². The van der Waals surface area contributed by atoms with Gasteiger partial charge in [-0.1, -0.05) is 0 Å². The highest BCUT2D eigenvalue weighted by Gasteiger charge is 2.35. The number of hydrogen-bond acceptors (Lipinski definition) is 5. The van der Waals surface area contributed by atoms with Crippen molar-refractivity contribution in [2.75, 3.05) is 31.5 Å². The summed E-state index contributed by atoms with van der Waals surface area (Å²) in [5, 5.41) is 4.48. The van der Waals surface area contributed by atoms with Crippen LogP contribution < -0.4 is 15.4 Å². The second-order valence-electron chi connectivity index (χ2n) is 8.50. The number of benzene rings is 1. The number of fused-ring (bicyclic) bond motifs is 1. The Labute approximate surface area is 202 Å². The zero-order chi connectivity index (χ0) is 26.0. The lowest BCUT2D eigenvalue weighted by Crippen LogP contribution is -2.48. The first-order chi connectivity index (χ1) is 17.0. The highest BCUT2D eigenvalue weighted by molar-refractivity contribution is 5.89. The van der Waals surface area contributed by atoms with Crippen LogP contribution >= 0.6 is 0 Å². The molecular formula is C23H24F5N5O3. The number of nitrogens with zero attached hydrogens (tertiary/aromatic N) is 2. The first-order valence-electron chi connectivity index (χ1n) is 11.1. The van der Waals surface area contributed by atoms with E-state index >= 15 is 0 Å². The van der Waals surface area contributed by atoms with Crippen molar-refractivity contribution in [3.8, 4) is 11.5 Å². The van der Waals surface area contributed by atoms with Crippen LogP contribution in [0.5, 0.6) is 11.5 Å². The highest BCUT2D eigenvalue weighted by Crippen LogP contribution is 2.40. The lowest BCUT2D eigenvalue weighted by molar-refractivity contribution is -0.136. The highest BCUT2D eigenvalue weighted by atomic mass is 19.4. The SMILES string of the molecule is CC1CN(CCNC(=O)Nc2cc(F)c(Oc3ccnc4[nH]cc(C(F)(F)F)c34)c(F)c2)CC(C)O1. The standard InChI is InChI=1S/C23H24F5N5O3/c1-12-10-33(11-13(2)35-12)6-5-30-22(34)32-14-7-16(24)20(17(25)8-14)36-18-3-4-29-21-19(18)15(9-31-21)23(26,27)28/h3-4,7-9,12-13H,5-6,10-11H2,1-2H3,(H,29,31)(H2,30,32,34). The molecule has 2 aromatic heterocycles. The number of amides is 2. The molecule has 3 aromatic rings. The van der Waals surface area contributed by atoms with Crippen LogP contribution in [0.3, 0.4) is 0 Å². The molecule has 3 N–H and O–H groups in total. The van der Waals surface area contributed by atoms with Crippen LogP contribution in [0.4, 0.5) is 32.4 Å². The number of carbonyl (C=O) groups is 1. The second kappa shape index (κ2) is 10.3. The minimum absolute atomic E-state index is 0.0785. The number of nitrogens with one attached hydrogen (secondary N) is 3. The fourth-order valence-electron chi connectivity index (χ4n) is 4.14. The van der Waals surface area contributed by atoms with E-state index in [1.165, 1.54) is 0 Å². The Hall–Kier alpha value is -3.45. The molecular weight excluding hydrogens is 489 g/mol. The molecule has 0 radical (unpaired) electrons. The molecule has 1 fully saturated rings. The molecule has 0 aliphatic carbocycles. The maximum absolute atomic E-state index is 14.7. The van der Waals surface area contributed by atoms with Crippen molar-refractivity contribution >= 4 is 22.8 Å². The summed E-state index contributed by atoms with van der Waals surface area (Å²) in [4.78, 5) is 20.4. The van der Waals surface area contributed by atoms with Crippen LogP contribution in [0.25, 0.3) is 11.0 Å². The van der Waals surface area contributed by atoms with Crippen molar-refractivity contribution in [2.45, 2.75) is 32.2 Å². The monoisotopic (exact) mass is 513 g/mol. The molecule has 194 valence electrons. The van der Waals surface area contributed by atoms with E-state index in [1.807, 2.05) is 13.8 Å². The van der Waals surface area contributed by atoms with Crippen molar-refractivity contribution in [1.82, 2.24) is 20.2 Å². The van der Waals surface area contributed by atoms with Crippen molar-refractivity contribution in [3.05, 3.63) is 47.8 Å². The van der Waals surface area contributed by atoms with Crippen LogP contribution in [0, 0.1) is 11.6 Å². The molecule has 4 rings (SSSR count). The van der Waals surface area contributed by atoms with Crippen molar-refractivity contribution < 1.29 is 36.2 Å². The molecule has 1 aromatic carbocycles. The van der Waals surface area contributed by atoms with Gasteiger partial charge in [-0.25, -0.2) is 18.6 Å². The molecule has 0 bridgehead atoms. The van der Waals surface area contributed by atoms with Gasteiger partial charge in [-0.3, -0.25) is 4.90 Å². The summed E-state index contributed by atoms with van der Waals surface area (Å²) >= 11 is 0. The van der Waals surface area contributed by atoms with Crippen molar-refractivity contribution in [2.24, 2.45) is 0 Å². The van der Waals surface area contributed by atoms with Crippen LogP contribution in [-0.4, -0.2) is 59.3 Å². The molecule has 36 heavy (non-hydrogen) atoms. The number of H-pyrrole nitrogens is 1. The lowest BCUT2D eigenvalue weighted by atomic mass is 10.2. The Bertz CT molecular complexity index is 1220. The molecule has 2 amide bonds. The van der Waals surface area contributed by atoms with Crippen LogP contribution in [0.2, 0.25) is 0 Å². The third-order valence-corrected chi connectivity index (χ3v) is 5.52. The minimum Gasteiger partial charge on any atom is -0.450 e. The maximum Gasteiger partial charge on any atom is 0.418 e. The second-order valence-corrected chi connectivity index (χ2v) is 8.50. The van der Waals surface area contributed by atoms with Gasteiger partial charge < -0.3 is 25.1 Å². The Balaban J connectivity index is 1.42. The minimum atomic E-state index is -4.74. The van der Waals surface area contributed by atoms with Gasteiger partial charge in [0.25, 0.3) is 0 Å². The van der Waals surface area contributed by atoms with Gasteiger partial charge in [-0.05, 0) is 19.9 Å². The van der Waals surface area contributed by atoms with E-state index in [0.29, 0.717) is 19.3 Å². The number of ether oxygens (including phenoxy) is 2. The number of rotatable bonds is 6. The number of carbonyl (C=O) groups excluding carboxylic acids is 1. The molecule has 0 saturated carbocycles. The maximum atomic E-state index is 14.7. The van der Waals surface area contributed by atoms with Gasteiger partial charge in [0.05, 0.1) is 23.2 Å². The molecule has 1 saturated heterocycles. The third kappa shape index (κ3) is 5.85. The molecule has 8 nitrogen and oxygen atoms in total. The molecule has 2 unspecified atom stereocenters. The predicted molar refractivity (Wildman–Crippen MR) is 121 cm³/mol. The summed E-state index contributed by atoms with van der Waals surface area (Å²) in [6.45, 7) is 6.24. The largest absolute Gasteiger partial charge is 0.450 e. The number of alkyl halides is 3. The summed E-state index contributed by atoms with van der Waals surface area (Å²) in [6.07, 6.45) is -2.74. The molecule has 3 heterocycles. The normalized spacial score (nSPS) is 18.9. The van der Waals surface area contributed by atoms with Crippen LogP contribution in [0.15, 0.2) is 30.6 Å². The number of anilines is 1. The Kier molecular flexibility index (Phi) is 7.31. The fourth-order valence-corrected chi connectivity index (χ4v) is 4.14. The molecule has 0 spiro atoms. The first-order valence-corrected chi connectivity index (χ1v) is 11.1. The average molecular weight is 513 g/mol. The van der Waals surface area contributed by atoms with E-state index in [2.05, 4.69) is 25.5 Å². The number of aromatic amines is 1. The zero-order valence-electron chi connectivity index (χ0n) is 19.4. The Morgan fingerprint density at radius 3 is 2.53 bits per heavy atom. The number of morpholine rings is 1.